The number of carbonyl (C=O) groups excluding carboxylic acids is 1. The second-order valence-electron chi connectivity index (χ2n) is 5.25. The third-order valence-electron chi connectivity index (χ3n) is 3.76. The Morgan fingerprint density at radius 3 is 2.13 bits per heavy atom. The Balaban J connectivity index is 1.83. The molecule has 0 aromatic rings. The van der Waals surface area contributed by atoms with E-state index in [0.717, 1.165) is 25.9 Å². The highest BCUT2D eigenvalue weighted by atomic mass is 16.2. The van der Waals surface area contributed by atoms with Crippen LogP contribution in [0, 0.1) is 0 Å². The molecule has 15 heavy (non-hydrogen) atoms. The van der Waals surface area contributed by atoms with Gasteiger partial charge in [0.15, 0.2) is 0 Å². The van der Waals surface area contributed by atoms with Crippen LogP contribution in [0.5, 0.6) is 0 Å². The van der Waals surface area contributed by atoms with E-state index in [9.17, 15) is 4.79 Å². The van der Waals surface area contributed by atoms with Gasteiger partial charge in [-0.1, -0.05) is 12.8 Å². The van der Waals surface area contributed by atoms with Crippen molar-refractivity contribution < 1.29 is 4.79 Å². The lowest BCUT2D eigenvalue weighted by Gasteiger charge is -2.40. The summed E-state index contributed by atoms with van der Waals surface area (Å²) in [6, 6.07) is 0.166. The molecule has 1 heterocycles. The van der Waals surface area contributed by atoms with Gasteiger partial charge in [0.2, 0.25) is 0 Å². The van der Waals surface area contributed by atoms with Crippen LogP contribution in [-0.2, 0) is 0 Å². The maximum atomic E-state index is 12.0. The minimum absolute atomic E-state index is 0.101. The van der Waals surface area contributed by atoms with Crippen molar-refractivity contribution in [2.24, 2.45) is 0 Å². The highest BCUT2D eigenvalue weighted by Crippen LogP contribution is 2.31. The molecule has 3 nitrogen and oxygen atoms in total. The summed E-state index contributed by atoms with van der Waals surface area (Å²) in [4.78, 5) is 14.0. The molecule has 2 rings (SSSR count). The molecule has 0 atom stereocenters. The molecule has 0 unspecified atom stereocenters. The summed E-state index contributed by atoms with van der Waals surface area (Å²) in [5, 5.41) is 3.18. The second kappa shape index (κ2) is 4.42. The van der Waals surface area contributed by atoms with Gasteiger partial charge in [0.25, 0.3) is 0 Å². The third-order valence-corrected chi connectivity index (χ3v) is 3.76. The SMILES string of the molecule is CC1(NC(=O)N2CCCCCC2)CCC1. The maximum absolute atomic E-state index is 12.0. The van der Waals surface area contributed by atoms with Crippen LogP contribution in [0.25, 0.3) is 0 Å². The summed E-state index contributed by atoms with van der Waals surface area (Å²) >= 11 is 0. The molecular weight excluding hydrogens is 188 g/mol. The molecule has 3 heteroatoms. The molecule has 0 bridgehead atoms. The van der Waals surface area contributed by atoms with E-state index in [1.165, 1.54) is 32.1 Å². The smallest absolute Gasteiger partial charge is 0.317 e. The predicted molar refractivity (Wildman–Crippen MR) is 60.8 cm³/mol. The van der Waals surface area contributed by atoms with Gasteiger partial charge < -0.3 is 10.2 Å². The first-order valence-electron chi connectivity index (χ1n) is 6.27. The quantitative estimate of drug-likeness (QED) is 0.708. The minimum Gasteiger partial charge on any atom is -0.333 e. The van der Waals surface area contributed by atoms with Gasteiger partial charge in [-0.2, -0.15) is 0 Å². The van der Waals surface area contributed by atoms with Crippen LogP contribution in [0.1, 0.15) is 51.9 Å². The number of carbonyl (C=O) groups is 1. The maximum Gasteiger partial charge on any atom is 0.317 e. The molecule has 1 saturated heterocycles. The van der Waals surface area contributed by atoms with E-state index in [4.69, 9.17) is 0 Å². The summed E-state index contributed by atoms with van der Waals surface area (Å²) < 4.78 is 0. The standard InChI is InChI=1S/C12H22N2O/c1-12(7-6-8-12)13-11(15)14-9-4-2-3-5-10-14/h2-10H2,1H3,(H,13,15). The molecule has 0 aromatic carbocycles. The van der Waals surface area contributed by atoms with E-state index in [0.29, 0.717) is 0 Å². The lowest BCUT2D eigenvalue weighted by atomic mass is 9.79. The Labute approximate surface area is 92.2 Å². The molecule has 2 aliphatic rings. The molecule has 2 amide bonds. The van der Waals surface area contributed by atoms with Gasteiger partial charge >= 0.3 is 6.03 Å². The van der Waals surface area contributed by atoms with E-state index >= 15 is 0 Å². The van der Waals surface area contributed by atoms with Crippen LogP contribution < -0.4 is 5.32 Å². The molecule has 1 saturated carbocycles. The Bertz CT molecular complexity index is 228. The van der Waals surface area contributed by atoms with Gasteiger partial charge in [-0.3, -0.25) is 0 Å². The van der Waals surface area contributed by atoms with E-state index in [-0.39, 0.29) is 11.6 Å². The normalized spacial score (nSPS) is 25.3. The van der Waals surface area contributed by atoms with Crippen LogP contribution in [0.15, 0.2) is 0 Å². The fourth-order valence-corrected chi connectivity index (χ4v) is 2.44. The largest absolute Gasteiger partial charge is 0.333 e. The number of rotatable bonds is 1. The van der Waals surface area contributed by atoms with Crippen molar-refractivity contribution in [3.63, 3.8) is 0 Å². The van der Waals surface area contributed by atoms with Crippen LogP contribution in [0.3, 0.4) is 0 Å². The van der Waals surface area contributed by atoms with Crippen molar-refractivity contribution in [1.29, 1.82) is 0 Å². The molecule has 1 aliphatic carbocycles. The Morgan fingerprint density at radius 1 is 1.07 bits per heavy atom. The number of hydrogen-bond donors (Lipinski definition) is 1. The van der Waals surface area contributed by atoms with E-state index in [1.54, 1.807) is 0 Å². The van der Waals surface area contributed by atoms with Gasteiger partial charge in [0.1, 0.15) is 0 Å². The van der Waals surface area contributed by atoms with Gasteiger partial charge in [-0.05, 0) is 39.0 Å². The van der Waals surface area contributed by atoms with E-state index < -0.39 is 0 Å². The number of nitrogens with zero attached hydrogens (tertiary/aromatic N) is 1. The topological polar surface area (TPSA) is 32.3 Å². The molecule has 1 N–H and O–H groups in total. The first kappa shape index (κ1) is 10.8. The van der Waals surface area contributed by atoms with Gasteiger partial charge in [0, 0.05) is 18.6 Å². The monoisotopic (exact) mass is 210 g/mol. The number of amides is 2. The fourth-order valence-electron chi connectivity index (χ4n) is 2.44. The zero-order chi connectivity index (χ0) is 10.7. The van der Waals surface area contributed by atoms with Crippen molar-refractivity contribution in [2.75, 3.05) is 13.1 Å². The molecule has 0 aromatic heterocycles. The lowest BCUT2D eigenvalue weighted by Crippen LogP contribution is -2.55. The highest BCUT2D eigenvalue weighted by Gasteiger charge is 2.34. The molecule has 0 spiro atoms. The lowest BCUT2D eigenvalue weighted by molar-refractivity contribution is 0.161. The second-order valence-corrected chi connectivity index (χ2v) is 5.25. The molecule has 0 radical (unpaired) electrons. The zero-order valence-corrected chi connectivity index (χ0v) is 9.72. The summed E-state index contributed by atoms with van der Waals surface area (Å²) in [5.41, 5.74) is 0.101. The van der Waals surface area contributed by atoms with Crippen molar-refractivity contribution in [3.05, 3.63) is 0 Å². The Hall–Kier alpha value is -0.730. The fraction of sp³-hybridized carbons (Fsp3) is 0.917. The average molecular weight is 210 g/mol. The first-order chi connectivity index (χ1) is 7.20. The summed E-state index contributed by atoms with van der Waals surface area (Å²) in [6.45, 7) is 4.05. The highest BCUT2D eigenvalue weighted by molar-refractivity contribution is 5.75. The molecule has 2 fully saturated rings. The predicted octanol–water partition coefficient (Wildman–Crippen LogP) is 2.51. The van der Waals surface area contributed by atoms with Crippen molar-refractivity contribution in [3.8, 4) is 0 Å². The van der Waals surface area contributed by atoms with Gasteiger partial charge in [0.05, 0.1) is 0 Å². The van der Waals surface area contributed by atoms with Crippen LogP contribution >= 0.6 is 0 Å². The van der Waals surface area contributed by atoms with Crippen LogP contribution in [-0.4, -0.2) is 29.6 Å². The summed E-state index contributed by atoms with van der Waals surface area (Å²) in [7, 11) is 0. The number of hydrogen-bond acceptors (Lipinski definition) is 1. The first-order valence-corrected chi connectivity index (χ1v) is 6.27. The number of urea groups is 1. The summed E-state index contributed by atoms with van der Waals surface area (Å²) in [5.74, 6) is 0. The number of likely N-dealkylation sites (tertiary alicyclic amines) is 1. The van der Waals surface area contributed by atoms with Crippen LogP contribution in [0.4, 0.5) is 4.79 Å². The van der Waals surface area contributed by atoms with Gasteiger partial charge in [-0.15, -0.1) is 0 Å². The average Bonchev–Trinajstić information content (AvgIpc) is 2.43. The van der Waals surface area contributed by atoms with E-state index in [1.807, 2.05) is 4.90 Å². The van der Waals surface area contributed by atoms with Crippen molar-refractivity contribution in [1.82, 2.24) is 10.2 Å². The minimum atomic E-state index is 0.101. The zero-order valence-electron chi connectivity index (χ0n) is 9.72. The van der Waals surface area contributed by atoms with E-state index in [2.05, 4.69) is 12.2 Å². The molecule has 86 valence electrons. The van der Waals surface area contributed by atoms with Crippen molar-refractivity contribution >= 4 is 6.03 Å². The molecular formula is C12H22N2O. The number of nitrogens with one attached hydrogen (secondary N) is 1. The van der Waals surface area contributed by atoms with Crippen LogP contribution in [0.2, 0.25) is 0 Å². The van der Waals surface area contributed by atoms with Gasteiger partial charge in [-0.25, -0.2) is 4.79 Å². The third kappa shape index (κ3) is 2.64. The Morgan fingerprint density at radius 2 is 1.67 bits per heavy atom. The summed E-state index contributed by atoms with van der Waals surface area (Å²) in [6.07, 6.45) is 8.45. The van der Waals surface area contributed by atoms with Crippen molar-refractivity contribution in [2.45, 2.75) is 57.4 Å². The molecule has 1 aliphatic heterocycles. The Kier molecular flexibility index (Phi) is 3.17.